The molecule has 0 fully saturated rings. The molecular weight excluding hydrogens is 443 g/mol. The zero-order valence-electron chi connectivity index (χ0n) is 15.4. The van der Waals surface area contributed by atoms with Crippen molar-refractivity contribution in [2.75, 3.05) is 5.32 Å². The van der Waals surface area contributed by atoms with E-state index in [9.17, 15) is 4.79 Å². The second-order valence-corrected chi connectivity index (χ2v) is 8.03. The zero-order valence-corrected chi connectivity index (χ0v) is 17.7. The summed E-state index contributed by atoms with van der Waals surface area (Å²) in [6.07, 6.45) is 3.06. The summed E-state index contributed by atoms with van der Waals surface area (Å²) in [6.45, 7) is 1.42. The smallest absolute Gasteiger partial charge is 0.222 e. The largest absolute Gasteiger partial charge is 0.329 e. The number of H-pyrrole nitrogens is 1. The first-order valence-corrected chi connectivity index (χ1v) is 10.2. The second kappa shape index (κ2) is 8.24. The Labute approximate surface area is 185 Å². The second-order valence-electron chi connectivity index (χ2n) is 6.19. The van der Waals surface area contributed by atoms with Crippen LogP contribution in [0.4, 0.5) is 5.82 Å². The first kappa shape index (κ1) is 20.0. The van der Waals surface area contributed by atoms with Crippen LogP contribution >= 0.6 is 34.5 Å². The van der Waals surface area contributed by atoms with E-state index < -0.39 is 0 Å². The summed E-state index contributed by atoms with van der Waals surface area (Å²) >= 11 is 13.9. The monoisotopic (exact) mass is 454 g/mol. The van der Waals surface area contributed by atoms with Crippen LogP contribution in [0, 0.1) is 11.3 Å². The quantitative estimate of drug-likeness (QED) is 0.429. The van der Waals surface area contributed by atoms with E-state index in [1.54, 1.807) is 36.5 Å². The van der Waals surface area contributed by atoms with Gasteiger partial charge in [-0.15, -0.1) is 11.3 Å². The van der Waals surface area contributed by atoms with Crippen LogP contribution < -0.4 is 5.32 Å². The average Bonchev–Trinajstić information content (AvgIpc) is 3.34. The minimum absolute atomic E-state index is 0.215. The summed E-state index contributed by atoms with van der Waals surface area (Å²) in [5.74, 6) is 0.716. The fraction of sp³-hybridized carbons (Fsp3) is 0.0500. The predicted molar refractivity (Wildman–Crippen MR) is 117 cm³/mol. The molecule has 1 aromatic carbocycles. The van der Waals surface area contributed by atoms with Crippen molar-refractivity contribution in [1.82, 2.24) is 19.9 Å². The maximum absolute atomic E-state index is 11.4. The molecule has 4 rings (SSSR count). The summed E-state index contributed by atoms with van der Waals surface area (Å²) in [7, 11) is 0. The fourth-order valence-electron chi connectivity index (χ4n) is 2.77. The number of nitrogens with one attached hydrogen (secondary N) is 2. The molecule has 0 spiro atoms. The molecule has 10 heteroatoms. The van der Waals surface area contributed by atoms with Crippen LogP contribution in [0.15, 0.2) is 42.7 Å². The maximum atomic E-state index is 11.4. The SMILES string of the molecule is CC(=O)Nc1cc(-c2nc(-c3ccc(Cl)cc3Cl)c(-c3ncc(C#N)[nH]3)s2)ccn1. The third-order valence-corrected chi connectivity index (χ3v) is 5.69. The molecule has 7 nitrogen and oxygen atoms in total. The summed E-state index contributed by atoms with van der Waals surface area (Å²) in [5, 5.41) is 13.4. The Kier molecular flexibility index (Phi) is 5.50. The van der Waals surface area contributed by atoms with E-state index in [0.717, 1.165) is 5.56 Å². The summed E-state index contributed by atoms with van der Waals surface area (Å²) in [4.78, 5) is 28.3. The highest BCUT2D eigenvalue weighted by Crippen LogP contribution is 2.42. The molecule has 1 amide bonds. The van der Waals surface area contributed by atoms with Gasteiger partial charge in [0.15, 0.2) is 5.82 Å². The van der Waals surface area contributed by atoms with Gasteiger partial charge in [0, 0.05) is 29.3 Å². The Morgan fingerprint density at radius 2 is 2.07 bits per heavy atom. The molecule has 148 valence electrons. The number of carbonyl (C=O) groups excluding carboxylic acids is 1. The van der Waals surface area contributed by atoms with Gasteiger partial charge >= 0.3 is 0 Å². The molecule has 0 atom stereocenters. The number of imidazole rings is 1. The summed E-state index contributed by atoms with van der Waals surface area (Å²) < 4.78 is 0. The molecule has 3 heterocycles. The number of anilines is 1. The van der Waals surface area contributed by atoms with Crippen molar-refractivity contribution in [1.29, 1.82) is 5.26 Å². The van der Waals surface area contributed by atoms with Crippen molar-refractivity contribution < 1.29 is 4.79 Å². The highest BCUT2D eigenvalue weighted by Gasteiger charge is 2.20. The number of nitrogens with zero attached hydrogens (tertiary/aromatic N) is 4. The lowest BCUT2D eigenvalue weighted by molar-refractivity contribution is -0.114. The van der Waals surface area contributed by atoms with Crippen LogP contribution in [0.2, 0.25) is 10.0 Å². The van der Waals surface area contributed by atoms with Crippen molar-refractivity contribution >= 4 is 46.3 Å². The topological polar surface area (TPSA) is 107 Å². The Bertz CT molecular complexity index is 1310. The molecule has 0 saturated heterocycles. The van der Waals surface area contributed by atoms with E-state index in [0.29, 0.717) is 48.5 Å². The number of thiazole rings is 1. The van der Waals surface area contributed by atoms with E-state index in [-0.39, 0.29) is 5.91 Å². The van der Waals surface area contributed by atoms with Crippen LogP contribution in [-0.4, -0.2) is 25.8 Å². The van der Waals surface area contributed by atoms with Crippen LogP contribution in [0.5, 0.6) is 0 Å². The summed E-state index contributed by atoms with van der Waals surface area (Å²) in [6, 6.07) is 10.7. The van der Waals surface area contributed by atoms with Crippen LogP contribution in [0.25, 0.3) is 32.5 Å². The molecule has 0 aliphatic heterocycles. The Balaban J connectivity index is 1.88. The van der Waals surface area contributed by atoms with Gasteiger partial charge < -0.3 is 10.3 Å². The highest BCUT2D eigenvalue weighted by atomic mass is 35.5. The first-order valence-electron chi connectivity index (χ1n) is 8.60. The number of benzene rings is 1. The zero-order chi connectivity index (χ0) is 21.3. The van der Waals surface area contributed by atoms with E-state index in [4.69, 9.17) is 33.4 Å². The van der Waals surface area contributed by atoms with Gasteiger partial charge in [-0.2, -0.15) is 5.26 Å². The van der Waals surface area contributed by atoms with E-state index in [2.05, 4.69) is 20.3 Å². The average molecular weight is 455 g/mol. The number of pyridine rings is 1. The van der Waals surface area contributed by atoms with E-state index >= 15 is 0 Å². The molecule has 0 radical (unpaired) electrons. The van der Waals surface area contributed by atoms with Gasteiger partial charge in [0.25, 0.3) is 0 Å². The lowest BCUT2D eigenvalue weighted by atomic mass is 10.1. The van der Waals surface area contributed by atoms with Gasteiger partial charge in [0.2, 0.25) is 5.91 Å². The lowest BCUT2D eigenvalue weighted by Crippen LogP contribution is -2.07. The molecule has 0 aliphatic rings. The molecule has 3 aromatic heterocycles. The molecule has 0 unspecified atom stereocenters. The molecular formula is C20H12Cl2N6OS. The van der Waals surface area contributed by atoms with Gasteiger partial charge in [0.05, 0.1) is 21.8 Å². The van der Waals surface area contributed by atoms with Crippen molar-refractivity contribution in [3.05, 3.63) is 58.5 Å². The maximum Gasteiger partial charge on any atom is 0.222 e. The van der Waals surface area contributed by atoms with Gasteiger partial charge in [-0.1, -0.05) is 23.2 Å². The van der Waals surface area contributed by atoms with Gasteiger partial charge in [-0.05, 0) is 30.3 Å². The molecule has 2 N–H and O–H groups in total. The van der Waals surface area contributed by atoms with E-state index in [1.165, 1.54) is 24.5 Å². The summed E-state index contributed by atoms with van der Waals surface area (Å²) in [5.41, 5.74) is 2.39. The minimum Gasteiger partial charge on any atom is -0.329 e. The van der Waals surface area contributed by atoms with Crippen LogP contribution in [-0.2, 0) is 4.79 Å². The number of hydrogen-bond acceptors (Lipinski definition) is 6. The van der Waals surface area contributed by atoms with Crippen molar-refractivity contribution in [3.63, 3.8) is 0 Å². The first-order chi connectivity index (χ1) is 14.4. The van der Waals surface area contributed by atoms with Gasteiger partial charge in [-0.25, -0.2) is 15.0 Å². The third-order valence-electron chi connectivity index (χ3n) is 4.04. The normalized spacial score (nSPS) is 10.6. The minimum atomic E-state index is -0.215. The van der Waals surface area contributed by atoms with E-state index in [1.807, 2.05) is 6.07 Å². The van der Waals surface area contributed by atoms with Crippen molar-refractivity contribution in [2.24, 2.45) is 0 Å². The molecule has 30 heavy (non-hydrogen) atoms. The van der Waals surface area contributed by atoms with Crippen LogP contribution in [0.1, 0.15) is 12.6 Å². The number of nitriles is 1. The standard InChI is InChI=1S/C20H12Cl2N6OS/c1-10(29)26-16-6-11(4-5-24-16)20-28-17(14-3-2-12(21)7-15(14)22)18(30-20)19-25-9-13(8-23)27-19/h2-7,9H,1H3,(H,25,27)(H,24,26,29). The molecule has 0 aliphatic carbocycles. The molecule has 0 bridgehead atoms. The fourth-order valence-corrected chi connectivity index (χ4v) is 4.30. The number of aromatic nitrogens is 4. The molecule has 0 saturated carbocycles. The number of carbonyl (C=O) groups is 1. The number of halogens is 2. The van der Waals surface area contributed by atoms with Crippen LogP contribution in [0.3, 0.4) is 0 Å². The number of aromatic amines is 1. The number of hydrogen-bond donors (Lipinski definition) is 2. The lowest BCUT2D eigenvalue weighted by Gasteiger charge is -2.04. The van der Waals surface area contributed by atoms with Crippen molar-refractivity contribution in [2.45, 2.75) is 6.92 Å². The Hall–Kier alpha value is -3.25. The number of rotatable bonds is 4. The Morgan fingerprint density at radius 3 is 2.77 bits per heavy atom. The Morgan fingerprint density at radius 1 is 1.23 bits per heavy atom. The highest BCUT2D eigenvalue weighted by molar-refractivity contribution is 7.18. The van der Waals surface area contributed by atoms with Gasteiger partial charge in [0.1, 0.15) is 22.6 Å². The van der Waals surface area contributed by atoms with Gasteiger partial charge in [-0.3, -0.25) is 4.79 Å². The van der Waals surface area contributed by atoms with Crippen molar-refractivity contribution in [3.8, 4) is 38.6 Å². The number of amides is 1. The molecule has 4 aromatic rings. The third kappa shape index (κ3) is 4.04. The predicted octanol–water partition coefficient (Wildman–Crippen LogP) is 5.40.